The topological polar surface area (TPSA) is 61.7 Å². The Hall–Kier alpha value is -3.27. The predicted molar refractivity (Wildman–Crippen MR) is 87.7 cm³/mol. The Kier molecular flexibility index (Phi) is 4.19. The maximum atomic E-state index is 12.8. The highest BCUT2D eigenvalue weighted by molar-refractivity contribution is 5.95. The SMILES string of the molecule is COc1c(C#N)ccc2[nH]nc(C=Cc3cccc(C(F)(F)F)c3)c12. The zero-order chi connectivity index (χ0) is 18.0. The third-order valence-corrected chi connectivity index (χ3v) is 3.68. The van der Waals surface area contributed by atoms with Crippen LogP contribution in [-0.2, 0) is 6.18 Å². The third kappa shape index (κ3) is 3.19. The number of nitriles is 1. The highest BCUT2D eigenvalue weighted by Crippen LogP contribution is 2.32. The van der Waals surface area contributed by atoms with Crippen LogP contribution in [0.5, 0.6) is 5.75 Å². The first-order valence-electron chi connectivity index (χ1n) is 7.24. The van der Waals surface area contributed by atoms with Crippen LogP contribution in [-0.4, -0.2) is 17.3 Å². The van der Waals surface area contributed by atoms with E-state index in [4.69, 9.17) is 10.00 Å². The lowest BCUT2D eigenvalue weighted by Crippen LogP contribution is -2.04. The second-order valence-corrected chi connectivity index (χ2v) is 5.25. The largest absolute Gasteiger partial charge is 0.495 e. The average molecular weight is 343 g/mol. The smallest absolute Gasteiger partial charge is 0.416 e. The lowest BCUT2D eigenvalue weighted by Gasteiger charge is -2.06. The molecule has 0 aliphatic carbocycles. The van der Waals surface area contributed by atoms with Crippen LogP contribution < -0.4 is 4.74 Å². The minimum absolute atomic E-state index is 0.352. The molecular weight excluding hydrogens is 331 g/mol. The molecule has 2 aromatic carbocycles. The number of aromatic nitrogens is 2. The molecule has 7 heteroatoms. The Morgan fingerprint density at radius 1 is 1.20 bits per heavy atom. The lowest BCUT2D eigenvalue weighted by molar-refractivity contribution is -0.137. The molecule has 0 atom stereocenters. The first-order chi connectivity index (χ1) is 11.9. The summed E-state index contributed by atoms with van der Waals surface area (Å²) >= 11 is 0. The number of hydrogen-bond acceptors (Lipinski definition) is 3. The molecule has 0 saturated carbocycles. The quantitative estimate of drug-likeness (QED) is 0.754. The Bertz CT molecular complexity index is 997. The van der Waals surface area contributed by atoms with Gasteiger partial charge in [-0.25, -0.2) is 0 Å². The van der Waals surface area contributed by atoms with E-state index in [0.717, 1.165) is 12.1 Å². The fraction of sp³-hybridized carbons (Fsp3) is 0.111. The van der Waals surface area contributed by atoms with E-state index in [1.165, 1.54) is 19.3 Å². The standard InChI is InChI=1S/C18H12F3N3O/c1-25-17-12(10-22)6-8-15-16(17)14(23-24-15)7-5-11-3-2-4-13(9-11)18(19,20)21/h2-9H,1H3,(H,23,24). The van der Waals surface area contributed by atoms with Crippen molar-refractivity contribution in [2.75, 3.05) is 7.11 Å². The van der Waals surface area contributed by atoms with Crippen LogP contribution >= 0.6 is 0 Å². The Morgan fingerprint density at radius 2 is 2.00 bits per heavy atom. The van der Waals surface area contributed by atoms with Crippen molar-refractivity contribution >= 4 is 23.1 Å². The molecule has 0 unspecified atom stereocenters. The van der Waals surface area contributed by atoms with Gasteiger partial charge in [0.1, 0.15) is 11.8 Å². The normalized spacial score (nSPS) is 11.8. The number of nitrogens with one attached hydrogen (secondary N) is 1. The number of rotatable bonds is 3. The molecule has 3 aromatic rings. The zero-order valence-corrected chi connectivity index (χ0v) is 13.1. The number of aromatic amines is 1. The number of methoxy groups -OCH3 is 1. The molecule has 0 fully saturated rings. The van der Waals surface area contributed by atoms with Gasteiger partial charge in [-0.05, 0) is 35.9 Å². The molecule has 3 rings (SSSR count). The summed E-state index contributed by atoms with van der Waals surface area (Å²) in [4.78, 5) is 0. The van der Waals surface area contributed by atoms with E-state index in [1.807, 2.05) is 6.07 Å². The van der Waals surface area contributed by atoms with Crippen molar-refractivity contribution in [1.29, 1.82) is 5.26 Å². The molecule has 0 aliphatic rings. The second kappa shape index (κ2) is 6.32. The van der Waals surface area contributed by atoms with Crippen molar-refractivity contribution in [2.45, 2.75) is 6.18 Å². The number of hydrogen-bond donors (Lipinski definition) is 1. The van der Waals surface area contributed by atoms with Crippen molar-refractivity contribution in [3.8, 4) is 11.8 Å². The fourth-order valence-corrected chi connectivity index (χ4v) is 2.52. The van der Waals surface area contributed by atoms with Crippen molar-refractivity contribution in [3.05, 3.63) is 58.8 Å². The van der Waals surface area contributed by atoms with Gasteiger partial charge in [-0.3, -0.25) is 5.10 Å². The molecular formula is C18H12F3N3O. The van der Waals surface area contributed by atoms with Gasteiger partial charge in [-0.15, -0.1) is 0 Å². The van der Waals surface area contributed by atoms with E-state index in [2.05, 4.69) is 10.2 Å². The van der Waals surface area contributed by atoms with Gasteiger partial charge in [0, 0.05) is 0 Å². The summed E-state index contributed by atoms with van der Waals surface area (Å²) in [5.41, 5.74) is 1.17. The summed E-state index contributed by atoms with van der Waals surface area (Å²) < 4.78 is 43.6. The van der Waals surface area contributed by atoms with Crippen LogP contribution in [0.4, 0.5) is 13.2 Å². The number of nitrogens with zero attached hydrogens (tertiary/aromatic N) is 2. The van der Waals surface area contributed by atoms with Gasteiger partial charge in [-0.1, -0.05) is 18.2 Å². The average Bonchev–Trinajstić information content (AvgIpc) is 3.01. The Morgan fingerprint density at radius 3 is 2.68 bits per heavy atom. The zero-order valence-electron chi connectivity index (χ0n) is 13.1. The summed E-state index contributed by atoms with van der Waals surface area (Å²) in [5.74, 6) is 0.373. The number of fused-ring (bicyclic) bond motifs is 1. The minimum Gasteiger partial charge on any atom is -0.495 e. The Labute approximate surface area is 141 Å². The van der Waals surface area contributed by atoms with E-state index >= 15 is 0 Å². The highest BCUT2D eigenvalue weighted by Gasteiger charge is 2.30. The molecule has 0 saturated heterocycles. The first kappa shape index (κ1) is 16.6. The summed E-state index contributed by atoms with van der Waals surface area (Å²) in [6, 6.07) is 10.3. The van der Waals surface area contributed by atoms with Gasteiger partial charge >= 0.3 is 6.18 Å². The monoisotopic (exact) mass is 343 g/mol. The molecule has 25 heavy (non-hydrogen) atoms. The summed E-state index contributed by atoms with van der Waals surface area (Å²) in [6.07, 6.45) is -1.28. The predicted octanol–water partition coefficient (Wildman–Crippen LogP) is 4.63. The molecule has 1 aromatic heterocycles. The van der Waals surface area contributed by atoms with Gasteiger partial charge in [-0.2, -0.15) is 23.5 Å². The molecule has 126 valence electrons. The van der Waals surface area contributed by atoms with Crippen molar-refractivity contribution in [3.63, 3.8) is 0 Å². The van der Waals surface area contributed by atoms with Crippen LogP contribution in [0.15, 0.2) is 36.4 Å². The summed E-state index contributed by atoms with van der Waals surface area (Å²) in [7, 11) is 1.45. The molecule has 0 radical (unpaired) electrons. The lowest BCUT2D eigenvalue weighted by atomic mass is 10.1. The van der Waals surface area contributed by atoms with E-state index in [1.54, 1.807) is 24.3 Å². The highest BCUT2D eigenvalue weighted by atomic mass is 19.4. The fourth-order valence-electron chi connectivity index (χ4n) is 2.52. The second-order valence-electron chi connectivity index (χ2n) is 5.25. The maximum absolute atomic E-state index is 12.8. The molecule has 0 spiro atoms. The van der Waals surface area contributed by atoms with Crippen molar-refractivity contribution < 1.29 is 17.9 Å². The molecule has 1 heterocycles. The number of H-pyrrole nitrogens is 1. The van der Waals surface area contributed by atoms with Gasteiger partial charge in [0.25, 0.3) is 0 Å². The summed E-state index contributed by atoms with van der Waals surface area (Å²) in [6.45, 7) is 0. The van der Waals surface area contributed by atoms with Crippen LogP contribution in [0.3, 0.4) is 0 Å². The van der Waals surface area contributed by atoms with E-state index in [9.17, 15) is 13.2 Å². The molecule has 4 nitrogen and oxygen atoms in total. The van der Waals surface area contributed by atoms with Gasteiger partial charge in [0.05, 0.1) is 34.8 Å². The third-order valence-electron chi connectivity index (χ3n) is 3.68. The molecule has 0 aliphatic heterocycles. The van der Waals surface area contributed by atoms with Gasteiger partial charge < -0.3 is 4.74 Å². The summed E-state index contributed by atoms with van der Waals surface area (Å²) in [5, 5.41) is 16.7. The molecule has 0 bridgehead atoms. The van der Waals surface area contributed by atoms with Gasteiger partial charge in [0.15, 0.2) is 0 Å². The van der Waals surface area contributed by atoms with Crippen molar-refractivity contribution in [1.82, 2.24) is 10.2 Å². The van der Waals surface area contributed by atoms with Crippen LogP contribution in [0.25, 0.3) is 23.1 Å². The Balaban J connectivity index is 2.04. The number of benzene rings is 2. The maximum Gasteiger partial charge on any atom is 0.416 e. The van der Waals surface area contributed by atoms with E-state index in [0.29, 0.717) is 33.5 Å². The van der Waals surface area contributed by atoms with Crippen LogP contribution in [0, 0.1) is 11.3 Å². The number of alkyl halides is 3. The minimum atomic E-state index is -4.40. The number of halogens is 3. The number of ether oxygens (including phenoxy) is 1. The van der Waals surface area contributed by atoms with Crippen LogP contribution in [0.2, 0.25) is 0 Å². The molecule has 1 N–H and O–H groups in total. The van der Waals surface area contributed by atoms with Crippen molar-refractivity contribution in [2.24, 2.45) is 0 Å². The molecule has 0 amide bonds. The first-order valence-corrected chi connectivity index (χ1v) is 7.24. The van der Waals surface area contributed by atoms with E-state index in [-0.39, 0.29) is 0 Å². The van der Waals surface area contributed by atoms with Crippen LogP contribution in [0.1, 0.15) is 22.4 Å². The van der Waals surface area contributed by atoms with Gasteiger partial charge in [0.2, 0.25) is 0 Å². The van der Waals surface area contributed by atoms with E-state index < -0.39 is 11.7 Å².